The van der Waals surface area contributed by atoms with Gasteiger partial charge < -0.3 is 9.84 Å². The zero-order valence-corrected chi connectivity index (χ0v) is 13.0. The molecule has 0 aliphatic heterocycles. The molecule has 0 atom stereocenters. The molecule has 4 saturated carbocycles. The van der Waals surface area contributed by atoms with Crippen molar-refractivity contribution in [3.63, 3.8) is 0 Å². The average Bonchev–Trinajstić information content (AvgIpc) is 2.85. The molecule has 0 spiro atoms. The van der Waals surface area contributed by atoms with E-state index in [9.17, 15) is 4.79 Å². The molecular formula is C17H22O3S. The van der Waals surface area contributed by atoms with Crippen LogP contribution in [0.25, 0.3) is 0 Å². The third-order valence-electron chi connectivity index (χ3n) is 5.88. The van der Waals surface area contributed by atoms with Crippen molar-refractivity contribution in [2.24, 2.45) is 23.2 Å². The molecule has 1 aromatic rings. The first-order chi connectivity index (χ1) is 10.1. The Hall–Kier alpha value is -1.03. The van der Waals surface area contributed by atoms with Gasteiger partial charge in [-0.15, -0.1) is 11.3 Å². The summed E-state index contributed by atoms with van der Waals surface area (Å²) in [6.45, 7) is 0.670. The Labute approximate surface area is 129 Å². The lowest BCUT2D eigenvalue weighted by Crippen LogP contribution is -2.46. The normalized spacial score (nSPS) is 36.9. The number of carbonyl (C=O) groups is 1. The molecule has 4 fully saturated rings. The first-order valence-corrected chi connectivity index (χ1v) is 8.95. The lowest BCUT2D eigenvalue weighted by Gasteiger charge is -2.57. The van der Waals surface area contributed by atoms with E-state index >= 15 is 0 Å². The van der Waals surface area contributed by atoms with Crippen molar-refractivity contribution in [3.05, 3.63) is 16.3 Å². The van der Waals surface area contributed by atoms with Crippen LogP contribution in [0.15, 0.2) is 11.4 Å². The smallest absolute Gasteiger partial charge is 0.349 e. The van der Waals surface area contributed by atoms with Crippen LogP contribution >= 0.6 is 11.3 Å². The maximum atomic E-state index is 11.1. The van der Waals surface area contributed by atoms with Gasteiger partial charge in [-0.1, -0.05) is 0 Å². The molecule has 4 aliphatic rings. The quantitative estimate of drug-likeness (QED) is 0.875. The molecule has 4 bridgehead atoms. The van der Waals surface area contributed by atoms with Gasteiger partial charge >= 0.3 is 5.97 Å². The number of carboxylic acid groups (broad SMARTS) is 1. The minimum absolute atomic E-state index is 0.334. The highest BCUT2D eigenvalue weighted by Crippen LogP contribution is 2.61. The fourth-order valence-corrected chi connectivity index (χ4v) is 6.21. The summed E-state index contributed by atoms with van der Waals surface area (Å²) < 4.78 is 5.81. The number of aromatic carboxylic acids is 1. The second-order valence-electron chi connectivity index (χ2n) is 7.44. The largest absolute Gasteiger partial charge is 0.492 e. The highest BCUT2D eigenvalue weighted by molar-refractivity contribution is 7.12. The second kappa shape index (κ2) is 5.01. The highest BCUT2D eigenvalue weighted by Gasteiger charge is 2.50. The van der Waals surface area contributed by atoms with Gasteiger partial charge in [0.1, 0.15) is 5.75 Å². The SMILES string of the molecule is O=C(O)c1sccc1OCCC12CC3CC(CC(C3)C1)C2. The number of thiophene rings is 1. The van der Waals surface area contributed by atoms with E-state index in [2.05, 4.69) is 0 Å². The van der Waals surface area contributed by atoms with Crippen LogP contribution in [0.2, 0.25) is 0 Å². The molecule has 4 heteroatoms. The van der Waals surface area contributed by atoms with Gasteiger partial charge in [0.25, 0.3) is 0 Å². The topological polar surface area (TPSA) is 46.5 Å². The van der Waals surface area contributed by atoms with Gasteiger partial charge in [0.05, 0.1) is 6.61 Å². The van der Waals surface area contributed by atoms with E-state index in [-0.39, 0.29) is 0 Å². The third-order valence-corrected chi connectivity index (χ3v) is 6.76. The fourth-order valence-electron chi connectivity index (χ4n) is 5.54. The minimum Gasteiger partial charge on any atom is -0.492 e. The Kier molecular flexibility index (Phi) is 3.25. The molecule has 4 aliphatic carbocycles. The Bertz CT molecular complexity index is 513. The second-order valence-corrected chi connectivity index (χ2v) is 8.35. The summed E-state index contributed by atoms with van der Waals surface area (Å²) >= 11 is 1.24. The number of carboxylic acids is 1. The van der Waals surface area contributed by atoms with Crippen LogP contribution in [-0.4, -0.2) is 17.7 Å². The molecule has 0 amide bonds. The van der Waals surface area contributed by atoms with E-state index in [0.717, 1.165) is 24.2 Å². The fraction of sp³-hybridized carbons (Fsp3) is 0.706. The van der Waals surface area contributed by atoms with Crippen molar-refractivity contribution in [2.45, 2.75) is 44.9 Å². The van der Waals surface area contributed by atoms with Crippen molar-refractivity contribution in [1.82, 2.24) is 0 Å². The van der Waals surface area contributed by atoms with E-state index < -0.39 is 5.97 Å². The summed E-state index contributed by atoms with van der Waals surface area (Å²) in [6, 6.07) is 1.79. The third kappa shape index (κ3) is 2.48. The van der Waals surface area contributed by atoms with Crippen LogP contribution in [0.5, 0.6) is 5.75 Å². The highest BCUT2D eigenvalue weighted by atomic mass is 32.1. The molecule has 1 N–H and O–H groups in total. The van der Waals surface area contributed by atoms with E-state index in [1.165, 1.54) is 49.9 Å². The summed E-state index contributed by atoms with van der Waals surface area (Å²) in [6.07, 6.45) is 9.66. The summed E-state index contributed by atoms with van der Waals surface area (Å²) in [7, 11) is 0. The molecular weight excluding hydrogens is 284 g/mol. The van der Waals surface area contributed by atoms with E-state index in [1.807, 2.05) is 0 Å². The van der Waals surface area contributed by atoms with E-state index in [1.54, 1.807) is 11.4 Å². The van der Waals surface area contributed by atoms with Crippen LogP contribution in [-0.2, 0) is 0 Å². The number of rotatable bonds is 5. The van der Waals surface area contributed by atoms with Crippen molar-refractivity contribution < 1.29 is 14.6 Å². The van der Waals surface area contributed by atoms with Crippen LogP contribution in [0, 0.1) is 23.2 Å². The standard InChI is InChI=1S/C17H22O3S/c18-16(19)15-14(1-4-21-15)20-3-2-17-8-11-5-12(9-17)7-13(6-11)10-17/h1,4,11-13H,2-3,5-10H2,(H,18,19). The van der Waals surface area contributed by atoms with Crippen LogP contribution in [0.3, 0.4) is 0 Å². The van der Waals surface area contributed by atoms with E-state index in [4.69, 9.17) is 9.84 Å². The molecule has 1 aromatic heterocycles. The van der Waals surface area contributed by atoms with Crippen LogP contribution in [0.1, 0.15) is 54.6 Å². The van der Waals surface area contributed by atoms with Crippen molar-refractivity contribution in [1.29, 1.82) is 0 Å². The Morgan fingerprint density at radius 2 is 1.86 bits per heavy atom. The van der Waals surface area contributed by atoms with Gasteiger partial charge in [-0.3, -0.25) is 0 Å². The zero-order chi connectivity index (χ0) is 14.4. The molecule has 21 heavy (non-hydrogen) atoms. The first kappa shape index (κ1) is 13.6. The maximum absolute atomic E-state index is 11.1. The predicted molar refractivity (Wildman–Crippen MR) is 82.0 cm³/mol. The van der Waals surface area contributed by atoms with Gasteiger partial charge in [-0.2, -0.15) is 0 Å². The number of hydrogen-bond donors (Lipinski definition) is 1. The Morgan fingerprint density at radius 1 is 1.24 bits per heavy atom. The van der Waals surface area contributed by atoms with Crippen molar-refractivity contribution in [2.75, 3.05) is 6.61 Å². The summed E-state index contributed by atoms with van der Waals surface area (Å²) in [4.78, 5) is 11.4. The molecule has 0 saturated heterocycles. The van der Waals surface area contributed by atoms with Gasteiger partial charge in [-0.25, -0.2) is 4.79 Å². The van der Waals surface area contributed by atoms with Gasteiger partial charge in [0.15, 0.2) is 4.88 Å². The first-order valence-electron chi connectivity index (χ1n) is 8.07. The molecule has 114 valence electrons. The lowest BCUT2D eigenvalue weighted by molar-refractivity contribution is -0.0622. The molecule has 0 radical (unpaired) electrons. The maximum Gasteiger partial charge on any atom is 0.349 e. The van der Waals surface area contributed by atoms with Gasteiger partial charge in [-0.05, 0) is 79.6 Å². The lowest BCUT2D eigenvalue weighted by atomic mass is 9.49. The summed E-state index contributed by atoms with van der Waals surface area (Å²) in [5.74, 6) is 2.57. The number of hydrogen-bond acceptors (Lipinski definition) is 3. The zero-order valence-electron chi connectivity index (χ0n) is 12.2. The average molecular weight is 306 g/mol. The Balaban J connectivity index is 1.39. The molecule has 1 heterocycles. The van der Waals surface area contributed by atoms with Gasteiger partial charge in [0, 0.05) is 0 Å². The van der Waals surface area contributed by atoms with Gasteiger partial charge in [0.2, 0.25) is 0 Å². The Morgan fingerprint density at radius 3 is 2.43 bits per heavy atom. The van der Waals surface area contributed by atoms with Crippen LogP contribution < -0.4 is 4.74 Å². The summed E-state index contributed by atoms with van der Waals surface area (Å²) in [5, 5.41) is 10.9. The molecule has 3 nitrogen and oxygen atoms in total. The number of ether oxygens (including phenoxy) is 1. The molecule has 0 aromatic carbocycles. The minimum atomic E-state index is -0.880. The monoisotopic (exact) mass is 306 g/mol. The molecule has 5 rings (SSSR count). The van der Waals surface area contributed by atoms with Crippen molar-refractivity contribution in [3.8, 4) is 5.75 Å². The summed E-state index contributed by atoms with van der Waals surface area (Å²) in [5.41, 5.74) is 0.508. The molecule has 0 unspecified atom stereocenters. The van der Waals surface area contributed by atoms with Crippen LogP contribution in [0.4, 0.5) is 0 Å². The van der Waals surface area contributed by atoms with E-state index in [0.29, 0.717) is 22.6 Å². The van der Waals surface area contributed by atoms with Crippen molar-refractivity contribution >= 4 is 17.3 Å². The predicted octanol–water partition coefficient (Wildman–Crippen LogP) is 4.43.